The van der Waals surface area contributed by atoms with Gasteiger partial charge in [-0.05, 0) is 31.2 Å². The number of thiazole rings is 1. The molecule has 4 aromatic rings. The van der Waals surface area contributed by atoms with Gasteiger partial charge in [0.05, 0.1) is 9.22 Å². The molecule has 0 radical (unpaired) electrons. The summed E-state index contributed by atoms with van der Waals surface area (Å²) in [6.45, 7) is 1.83. The van der Waals surface area contributed by atoms with Crippen LogP contribution in [0.5, 0.6) is 0 Å². The van der Waals surface area contributed by atoms with Crippen molar-refractivity contribution < 1.29 is 13.2 Å². The SMILES string of the molecule is Cc1nc(-c2ccccc2)c(NC(=O)NS(=O)(=O)c2ccc(Sc3ccccc3)s2)s1. The molecule has 0 aliphatic carbocycles. The zero-order valence-corrected chi connectivity index (χ0v) is 19.5. The summed E-state index contributed by atoms with van der Waals surface area (Å²) >= 11 is 3.86. The van der Waals surface area contributed by atoms with E-state index in [4.69, 9.17) is 0 Å². The Morgan fingerprint density at radius 2 is 1.61 bits per heavy atom. The van der Waals surface area contributed by atoms with E-state index in [1.165, 1.54) is 29.2 Å². The van der Waals surface area contributed by atoms with Gasteiger partial charge in [0.25, 0.3) is 10.0 Å². The number of amides is 2. The third-order valence-electron chi connectivity index (χ3n) is 4.02. The number of carbonyl (C=O) groups excluding carboxylic acids is 1. The van der Waals surface area contributed by atoms with E-state index in [1.807, 2.05) is 67.6 Å². The first-order valence-corrected chi connectivity index (χ1v) is 13.0. The number of sulfonamides is 1. The first kappa shape index (κ1) is 21.6. The van der Waals surface area contributed by atoms with Crippen molar-refractivity contribution in [3.05, 3.63) is 77.8 Å². The molecule has 0 spiro atoms. The number of hydrogen-bond donors (Lipinski definition) is 2. The van der Waals surface area contributed by atoms with Crippen LogP contribution in [0.4, 0.5) is 9.80 Å². The van der Waals surface area contributed by atoms with Gasteiger partial charge in [-0.1, -0.05) is 60.3 Å². The normalized spacial score (nSPS) is 11.3. The lowest BCUT2D eigenvalue weighted by Crippen LogP contribution is -2.33. The van der Waals surface area contributed by atoms with E-state index < -0.39 is 16.1 Å². The maximum atomic E-state index is 12.7. The van der Waals surface area contributed by atoms with Gasteiger partial charge < -0.3 is 0 Å². The molecule has 0 saturated carbocycles. The number of nitrogens with zero attached hydrogens (tertiary/aromatic N) is 1. The van der Waals surface area contributed by atoms with Crippen molar-refractivity contribution in [2.24, 2.45) is 0 Å². The number of urea groups is 1. The van der Waals surface area contributed by atoms with Crippen LogP contribution in [0.2, 0.25) is 0 Å². The van der Waals surface area contributed by atoms with Crippen molar-refractivity contribution in [1.29, 1.82) is 0 Å². The summed E-state index contributed by atoms with van der Waals surface area (Å²) in [6.07, 6.45) is 0. The fourth-order valence-corrected chi connectivity index (χ4v) is 7.04. The van der Waals surface area contributed by atoms with Crippen LogP contribution >= 0.6 is 34.4 Å². The van der Waals surface area contributed by atoms with Crippen molar-refractivity contribution in [2.75, 3.05) is 5.32 Å². The standard InChI is InChI=1S/C21H17N3O3S4/c1-14-22-19(15-8-4-2-5-9-15)20(28-14)23-21(25)24-31(26,27)18-13-12-17(30-18)29-16-10-6-3-7-11-16/h2-13H,1H3,(H2,23,24,25). The van der Waals surface area contributed by atoms with Crippen LogP contribution in [0.1, 0.15) is 5.01 Å². The van der Waals surface area contributed by atoms with Gasteiger partial charge in [-0.25, -0.2) is 22.9 Å². The van der Waals surface area contributed by atoms with Crippen molar-refractivity contribution in [3.63, 3.8) is 0 Å². The monoisotopic (exact) mass is 487 g/mol. The molecule has 0 aliphatic heterocycles. The molecule has 2 aromatic carbocycles. The van der Waals surface area contributed by atoms with E-state index in [-0.39, 0.29) is 4.21 Å². The van der Waals surface area contributed by atoms with Gasteiger partial charge in [-0.15, -0.1) is 22.7 Å². The fourth-order valence-electron chi connectivity index (χ4n) is 2.71. The fraction of sp³-hybridized carbons (Fsp3) is 0.0476. The van der Waals surface area contributed by atoms with Crippen molar-refractivity contribution in [1.82, 2.24) is 9.71 Å². The molecular formula is C21H17N3O3S4. The first-order valence-electron chi connectivity index (χ1n) is 9.10. The van der Waals surface area contributed by atoms with Crippen molar-refractivity contribution in [2.45, 2.75) is 20.2 Å². The predicted molar refractivity (Wildman–Crippen MR) is 127 cm³/mol. The van der Waals surface area contributed by atoms with Crippen LogP contribution in [0.25, 0.3) is 11.3 Å². The molecule has 0 unspecified atom stereocenters. The van der Waals surface area contributed by atoms with E-state index in [0.29, 0.717) is 10.7 Å². The number of hydrogen-bond acceptors (Lipinski definition) is 7. The van der Waals surface area contributed by atoms with Crippen molar-refractivity contribution >= 4 is 55.5 Å². The lowest BCUT2D eigenvalue weighted by Gasteiger charge is -2.07. The number of aryl methyl sites for hydroxylation is 1. The second-order valence-corrected chi connectivity index (χ2v) is 11.9. The largest absolute Gasteiger partial charge is 0.333 e. The Morgan fingerprint density at radius 3 is 2.32 bits per heavy atom. The van der Waals surface area contributed by atoms with Gasteiger partial charge in [-0.2, -0.15) is 0 Å². The highest BCUT2D eigenvalue weighted by molar-refractivity contribution is 8.01. The maximum Gasteiger partial charge on any atom is 0.333 e. The van der Waals surface area contributed by atoms with Gasteiger partial charge >= 0.3 is 6.03 Å². The topological polar surface area (TPSA) is 88.2 Å². The summed E-state index contributed by atoms with van der Waals surface area (Å²) in [7, 11) is -3.99. The summed E-state index contributed by atoms with van der Waals surface area (Å²) in [6, 6.07) is 21.5. The van der Waals surface area contributed by atoms with E-state index in [0.717, 1.165) is 31.0 Å². The molecule has 2 amide bonds. The molecule has 0 atom stereocenters. The average Bonchev–Trinajstić information content (AvgIpc) is 3.36. The molecule has 4 rings (SSSR count). The Balaban J connectivity index is 1.47. The molecule has 2 aromatic heterocycles. The number of carbonyl (C=O) groups is 1. The number of thiophene rings is 1. The zero-order valence-electron chi connectivity index (χ0n) is 16.2. The molecule has 6 nitrogen and oxygen atoms in total. The molecule has 31 heavy (non-hydrogen) atoms. The predicted octanol–water partition coefficient (Wildman–Crippen LogP) is 5.84. The molecule has 0 fully saturated rings. The van der Waals surface area contributed by atoms with E-state index >= 15 is 0 Å². The minimum Gasteiger partial charge on any atom is -0.297 e. The summed E-state index contributed by atoms with van der Waals surface area (Å²) < 4.78 is 28.3. The van der Waals surface area contributed by atoms with E-state index in [2.05, 4.69) is 15.0 Å². The highest BCUT2D eigenvalue weighted by Gasteiger charge is 2.22. The Hall–Kier alpha value is -2.66. The number of nitrogens with one attached hydrogen (secondary N) is 2. The molecule has 158 valence electrons. The van der Waals surface area contributed by atoms with Crippen LogP contribution in [-0.4, -0.2) is 19.4 Å². The lowest BCUT2D eigenvalue weighted by atomic mass is 10.2. The smallest absolute Gasteiger partial charge is 0.297 e. The maximum absolute atomic E-state index is 12.7. The first-order chi connectivity index (χ1) is 14.9. The summed E-state index contributed by atoms with van der Waals surface area (Å²) in [5, 5.41) is 3.88. The number of benzene rings is 2. The minimum atomic E-state index is -3.99. The van der Waals surface area contributed by atoms with E-state index in [9.17, 15) is 13.2 Å². The average molecular weight is 488 g/mol. The minimum absolute atomic E-state index is 0.0739. The molecule has 0 bridgehead atoms. The molecule has 0 saturated heterocycles. The highest BCUT2D eigenvalue weighted by atomic mass is 32.3. The lowest BCUT2D eigenvalue weighted by molar-refractivity contribution is 0.256. The summed E-state index contributed by atoms with van der Waals surface area (Å²) in [5.41, 5.74) is 1.44. The Bertz CT molecular complexity index is 1300. The van der Waals surface area contributed by atoms with Gasteiger partial charge in [0.2, 0.25) is 0 Å². The van der Waals surface area contributed by atoms with E-state index in [1.54, 1.807) is 6.07 Å². The number of aromatic nitrogens is 1. The summed E-state index contributed by atoms with van der Waals surface area (Å²) in [5.74, 6) is 0. The third-order valence-corrected chi connectivity index (χ3v) is 8.95. The highest BCUT2D eigenvalue weighted by Crippen LogP contribution is 2.35. The van der Waals surface area contributed by atoms with Gasteiger partial charge in [0.15, 0.2) is 0 Å². The van der Waals surface area contributed by atoms with Gasteiger partial charge in [0.1, 0.15) is 14.9 Å². The van der Waals surface area contributed by atoms with Crippen LogP contribution < -0.4 is 10.0 Å². The van der Waals surface area contributed by atoms with Crippen LogP contribution in [0.15, 0.2) is 86.1 Å². The Kier molecular flexibility index (Phi) is 6.42. The van der Waals surface area contributed by atoms with Crippen LogP contribution in [0.3, 0.4) is 0 Å². The Labute approximate surface area is 192 Å². The summed E-state index contributed by atoms with van der Waals surface area (Å²) in [4.78, 5) is 17.9. The molecule has 10 heteroatoms. The number of rotatable bonds is 6. The molecule has 2 N–H and O–H groups in total. The zero-order chi connectivity index (χ0) is 21.8. The quantitative estimate of drug-likeness (QED) is 0.357. The van der Waals surface area contributed by atoms with Crippen LogP contribution in [0, 0.1) is 6.92 Å². The molecule has 0 aliphatic rings. The van der Waals surface area contributed by atoms with Crippen molar-refractivity contribution in [3.8, 4) is 11.3 Å². The van der Waals surface area contributed by atoms with Gasteiger partial charge in [0, 0.05) is 10.5 Å². The second-order valence-electron chi connectivity index (χ2n) is 6.32. The second kappa shape index (κ2) is 9.23. The third kappa shape index (κ3) is 5.34. The van der Waals surface area contributed by atoms with Crippen LogP contribution in [-0.2, 0) is 10.0 Å². The Morgan fingerprint density at radius 1 is 0.935 bits per heavy atom. The van der Waals surface area contributed by atoms with Gasteiger partial charge in [-0.3, -0.25) is 5.32 Å². The number of anilines is 1. The molecular weight excluding hydrogens is 471 g/mol. The molecule has 2 heterocycles.